The van der Waals surface area contributed by atoms with Crippen molar-refractivity contribution in [3.8, 4) is 0 Å². The van der Waals surface area contributed by atoms with Gasteiger partial charge in [0.05, 0.1) is 6.61 Å². The number of nitrogens with one attached hydrogen (secondary N) is 1. The standard InChI is InChI=1S/C17H34N4O.HI/c1-16(2)13-21(17(16,3)4)15(18-5)19-12-14-8-7-9-20(14)10-11-22-6;/h14H,7-13H2,1-6H3,(H,18,19);1H. The Morgan fingerprint density at radius 1 is 1.30 bits per heavy atom. The molecule has 1 unspecified atom stereocenters. The van der Waals surface area contributed by atoms with Gasteiger partial charge in [0.2, 0.25) is 0 Å². The molecule has 0 amide bonds. The number of hydrogen-bond donors (Lipinski definition) is 1. The molecule has 2 rings (SSSR count). The number of halogens is 1. The van der Waals surface area contributed by atoms with Crippen molar-refractivity contribution in [2.45, 2.75) is 52.1 Å². The Bertz CT molecular complexity index is 411. The highest BCUT2D eigenvalue weighted by molar-refractivity contribution is 14.0. The molecule has 1 N–H and O–H groups in total. The van der Waals surface area contributed by atoms with E-state index < -0.39 is 0 Å². The maximum Gasteiger partial charge on any atom is 0.194 e. The van der Waals surface area contributed by atoms with E-state index in [4.69, 9.17) is 4.74 Å². The minimum Gasteiger partial charge on any atom is -0.383 e. The van der Waals surface area contributed by atoms with E-state index in [1.807, 2.05) is 7.05 Å². The second kappa shape index (κ2) is 8.34. The van der Waals surface area contributed by atoms with Crippen LogP contribution in [0.5, 0.6) is 0 Å². The van der Waals surface area contributed by atoms with E-state index >= 15 is 0 Å². The van der Waals surface area contributed by atoms with Gasteiger partial charge in [0.25, 0.3) is 0 Å². The van der Waals surface area contributed by atoms with Gasteiger partial charge in [0.1, 0.15) is 0 Å². The van der Waals surface area contributed by atoms with Crippen molar-refractivity contribution in [1.82, 2.24) is 15.1 Å². The monoisotopic (exact) mass is 438 g/mol. The van der Waals surface area contributed by atoms with Crippen LogP contribution in [0.3, 0.4) is 0 Å². The largest absolute Gasteiger partial charge is 0.383 e. The summed E-state index contributed by atoms with van der Waals surface area (Å²) in [5.41, 5.74) is 0.489. The Morgan fingerprint density at radius 3 is 2.52 bits per heavy atom. The summed E-state index contributed by atoms with van der Waals surface area (Å²) in [6.07, 6.45) is 2.56. The Kier molecular flexibility index (Phi) is 7.60. The fraction of sp³-hybridized carbons (Fsp3) is 0.941. The lowest BCUT2D eigenvalue weighted by molar-refractivity contribution is -0.0668. The molecule has 6 heteroatoms. The summed E-state index contributed by atoms with van der Waals surface area (Å²) in [5, 5.41) is 3.61. The Hall–Kier alpha value is -0.0800. The fourth-order valence-corrected chi connectivity index (χ4v) is 3.53. The van der Waals surface area contributed by atoms with Crippen molar-refractivity contribution in [3.63, 3.8) is 0 Å². The Balaban J connectivity index is 0.00000264. The van der Waals surface area contributed by atoms with Crippen molar-refractivity contribution in [3.05, 3.63) is 0 Å². The number of guanidine groups is 1. The molecule has 136 valence electrons. The van der Waals surface area contributed by atoms with E-state index in [1.54, 1.807) is 7.11 Å². The molecule has 5 nitrogen and oxygen atoms in total. The summed E-state index contributed by atoms with van der Waals surface area (Å²) < 4.78 is 5.22. The number of rotatable bonds is 5. The van der Waals surface area contributed by atoms with Gasteiger partial charge in [-0.05, 0) is 33.2 Å². The predicted octanol–water partition coefficient (Wildman–Crippen LogP) is 2.41. The van der Waals surface area contributed by atoms with Gasteiger partial charge in [0, 0.05) is 50.8 Å². The number of nitrogens with zero attached hydrogens (tertiary/aromatic N) is 3. The van der Waals surface area contributed by atoms with Crippen molar-refractivity contribution in [2.24, 2.45) is 10.4 Å². The Labute approximate surface area is 159 Å². The zero-order valence-electron chi connectivity index (χ0n) is 15.7. The molecule has 2 fully saturated rings. The van der Waals surface area contributed by atoms with E-state index in [0.29, 0.717) is 11.5 Å². The van der Waals surface area contributed by atoms with E-state index in [2.05, 4.69) is 47.8 Å². The second-order valence-electron chi connectivity index (χ2n) is 7.78. The zero-order valence-corrected chi connectivity index (χ0v) is 18.0. The van der Waals surface area contributed by atoms with Crippen LogP contribution in [0.25, 0.3) is 0 Å². The third kappa shape index (κ3) is 4.31. The van der Waals surface area contributed by atoms with Crippen LogP contribution in [-0.4, -0.2) is 74.3 Å². The lowest BCUT2D eigenvalue weighted by atomic mass is 9.65. The van der Waals surface area contributed by atoms with Crippen molar-refractivity contribution in [1.29, 1.82) is 0 Å². The van der Waals surface area contributed by atoms with Gasteiger partial charge < -0.3 is 15.0 Å². The van der Waals surface area contributed by atoms with E-state index in [-0.39, 0.29) is 29.5 Å². The van der Waals surface area contributed by atoms with E-state index in [1.165, 1.54) is 19.4 Å². The van der Waals surface area contributed by atoms with Gasteiger partial charge in [-0.1, -0.05) is 13.8 Å². The van der Waals surface area contributed by atoms with E-state index in [9.17, 15) is 0 Å². The van der Waals surface area contributed by atoms with Gasteiger partial charge in [0.15, 0.2) is 5.96 Å². The average Bonchev–Trinajstić information content (AvgIpc) is 2.92. The normalized spacial score (nSPS) is 26.6. The summed E-state index contributed by atoms with van der Waals surface area (Å²) in [6.45, 7) is 14.4. The molecule has 0 aromatic heterocycles. The quantitative estimate of drug-likeness (QED) is 0.407. The van der Waals surface area contributed by atoms with Crippen LogP contribution in [0, 0.1) is 5.41 Å². The molecule has 0 spiro atoms. The van der Waals surface area contributed by atoms with Crippen molar-refractivity contribution < 1.29 is 4.74 Å². The fourth-order valence-electron chi connectivity index (χ4n) is 3.53. The predicted molar refractivity (Wildman–Crippen MR) is 108 cm³/mol. The number of methoxy groups -OCH3 is 1. The maximum atomic E-state index is 5.22. The molecule has 1 atom stereocenters. The first-order valence-electron chi connectivity index (χ1n) is 8.55. The summed E-state index contributed by atoms with van der Waals surface area (Å²) in [6, 6.07) is 0.601. The van der Waals surface area contributed by atoms with Crippen molar-refractivity contribution >= 4 is 29.9 Å². The van der Waals surface area contributed by atoms with Gasteiger partial charge in [-0.25, -0.2) is 0 Å². The maximum absolute atomic E-state index is 5.22. The molecule has 0 aromatic carbocycles. The smallest absolute Gasteiger partial charge is 0.194 e. The molecular formula is C17H35IN4O. The number of aliphatic imine (C=N–C) groups is 1. The minimum atomic E-state index is 0. The lowest BCUT2D eigenvalue weighted by Crippen LogP contribution is -2.72. The molecule has 0 aromatic rings. The first-order chi connectivity index (χ1) is 10.3. The van der Waals surface area contributed by atoms with Gasteiger partial charge in [-0.15, -0.1) is 24.0 Å². The third-order valence-electron chi connectivity index (χ3n) is 5.93. The highest BCUT2D eigenvalue weighted by Gasteiger charge is 2.53. The summed E-state index contributed by atoms with van der Waals surface area (Å²) >= 11 is 0. The average molecular weight is 438 g/mol. The molecule has 2 aliphatic heterocycles. The second-order valence-corrected chi connectivity index (χ2v) is 7.78. The Morgan fingerprint density at radius 2 is 2.00 bits per heavy atom. The number of likely N-dealkylation sites (tertiary alicyclic amines) is 2. The molecule has 0 saturated carbocycles. The number of ether oxygens (including phenoxy) is 1. The molecular weight excluding hydrogens is 403 g/mol. The lowest BCUT2D eigenvalue weighted by Gasteiger charge is -2.62. The summed E-state index contributed by atoms with van der Waals surface area (Å²) in [4.78, 5) is 9.45. The van der Waals surface area contributed by atoms with Crippen LogP contribution in [0.1, 0.15) is 40.5 Å². The van der Waals surface area contributed by atoms with Gasteiger partial charge in [-0.2, -0.15) is 0 Å². The van der Waals surface area contributed by atoms with Crippen LogP contribution in [0.2, 0.25) is 0 Å². The zero-order chi connectivity index (χ0) is 16.4. The van der Waals surface area contributed by atoms with Crippen molar-refractivity contribution in [2.75, 3.05) is 46.9 Å². The molecule has 0 radical (unpaired) electrons. The van der Waals surface area contributed by atoms with E-state index in [0.717, 1.165) is 32.2 Å². The first-order valence-corrected chi connectivity index (χ1v) is 8.55. The molecule has 2 heterocycles. The SMILES string of the molecule is CN=C(NCC1CCCN1CCOC)N1CC(C)(C)C1(C)C.I. The molecule has 23 heavy (non-hydrogen) atoms. The highest BCUT2D eigenvalue weighted by atomic mass is 127. The first kappa shape index (κ1) is 21.0. The topological polar surface area (TPSA) is 40.1 Å². The molecule has 0 aliphatic carbocycles. The minimum absolute atomic E-state index is 0. The molecule has 2 saturated heterocycles. The molecule has 2 aliphatic rings. The van der Waals surface area contributed by atoms with Gasteiger partial charge >= 0.3 is 0 Å². The third-order valence-corrected chi connectivity index (χ3v) is 5.93. The van der Waals surface area contributed by atoms with Crippen LogP contribution in [-0.2, 0) is 4.74 Å². The van der Waals surface area contributed by atoms with Crippen LogP contribution in [0.4, 0.5) is 0 Å². The summed E-state index contributed by atoms with van der Waals surface area (Å²) in [5.74, 6) is 1.04. The van der Waals surface area contributed by atoms with Crippen LogP contribution in [0.15, 0.2) is 4.99 Å². The van der Waals surface area contributed by atoms with Crippen LogP contribution >= 0.6 is 24.0 Å². The summed E-state index contributed by atoms with van der Waals surface area (Å²) in [7, 11) is 3.67. The highest BCUT2D eigenvalue weighted by Crippen LogP contribution is 2.46. The van der Waals surface area contributed by atoms with Gasteiger partial charge in [-0.3, -0.25) is 9.89 Å². The van der Waals surface area contributed by atoms with Crippen LogP contribution < -0.4 is 5.32 Å². The number of hydrogen-bond acceptors (Lipinski definition) is 3. The molecule has 0 bridgehead atoms.